The van der Waals surface area contributed by atoms with Crippen LogP contribution < -0.4 is 5.32 Å². The fourth-order valence-electron chi connectivity index (χ4n) is 3.12. The molecule has 0 saturated heterocycles. The summed E-state index contributed by atoms with van der Waals surface area (Å²) in [4.78, 5) is 2.12. The number of para-hydroxylation sites is 1. The first kappa shape index (κ1) is 15.4. The number of benzene rings is 3. The molecule has 0 radical (unpaired) electrons. The van der Waals surface area contributed by atoms with Crippen molar-refractivity contribution in [3.05, 3.63) is 96.1 Å². The molecule has 118 valence electrons. The van der Waals surface area contributed by atoms with Gasteiger partial charge in [-0.2, -0.15) is 0 Å². The Balaban J connectivity index is 1.85. The third-order valence-corrected chi connectivity index (χ3v) is 6.04. The first-order chi connectivity index (χ1) is 11.8. The zero-order valence-electron chi connectivity index (χ0n) is 13.1. The van der Waals surface area contributed by atoms with Crippen molar-refractivity contribution in [3.63, 3.8) is 0 Å². The van der Waals surface area contributed by atoms with Gasteiger partial charge in [-0.1, -0.05) is 85.0 Å². The van der Waals surface area contributed by atoms with Gasteiger partial charge in [0, 0.05) is 10.1 Å². The summed E-state index contributed by atoms with van der Waals surface area (Å²) < 4.78 is 0. The summed E-state index contributed by atoms with van der Waals surface area (Å²) >= 11 is 7.71. The largest absolute Gasteiger partial charge is 0.349 e. The number of fused-ring (bicyclic) bond motifs is 1. The van der Waals surface area contributed by atoms with Crippen LogP contribution >= 0.6 is 24.0 Å². The molecule has 0 fully saturated rings. The van der Waals surface area contributed by atoms with Crippen molar-refractivity contribution in [1.29, 1.82) is 0 Å². The van der Waals surface area contributed by atoms with E-state index in [1.54, 1.807) is 0 Å². The maximum absolute atomic E-state index is 5.82. The molecule has 1 aliphatic rings. The third kappa shape index (κ3) is 2.97. The van der Waals surface area contributed by atoms with Crippen LogP contribution in [0.15, 0.2) is 89.8 Å². The van der Waals surface area contributed by atoms with E-state index in [2.05, 4.69) is 90.2 Å². The second kappa shape index (κ2) is 6.80. The molecule has 1 N–H and O–H groups in total. The zero-order chi connectivity index (χ0) is 16.4. The summed E-state index contributed by atoms with van der Waals surface area (Å²) in [5.41, 5.74) is 3.66. The molecule has 0 aromatic heterocycles. The first-order valence-electron chi connectivity index (χ1n) is 7.99. The Morgan fingerprint density at radius 2 is 1.29 bits per heavy atom. The van der Waals surface area contributed by atoms with Gasteiger partial charge >= 0.3 is 0 Å². The van der Waals surface area contributed by atoms with Crippen LogP contribution in [0, 0.1) is 0 Å². The number of nitrogens with one attached hydrogen (secondary N) is 1. The van der Waals surface area contributed by atoms with Gasteiger partial charge in [-0.15, -0.1) is 11.8 Å². The molecule has 0 spiro atoms. The minimum absolute atomic E-state index is 0.140. The average molecular weight is 348 g/mol. The van der Waals surface area contributed by atoms with Gasteiger partial charge in [0.05, 0.1) is 16.6 Å². The molecule has 0 saturated carbocycles. The zero-order valence-corrected chi connectivity index (χ0v) is 14.7. The molecule has 2 unspecified atom stereocenters. The Labute approximate surface area is 152 Å². The van der Waals surface area contributed by atoms with E-state index in [-0.39, 0.29) is 11.2 Å². The second-order valence-corrected chi connectivity index (χ2v) is 7.45. The molecule has 24 heavy (non-hydrogen) atoms. The quantitative estimate of drug-likeness (QED) is 0.566. The van der Waals surface area contributed by atoms with Crippen molar-refractivity contribution in [1.82, 2.24) is 0 Å². The standard InChI is InChI=1S/C21H17NS2/c23-21-19(15-9-3-1-4-10-15)20(16-11-5-2-6-12-16)24-18-14-8-7-13-17(18)22-21/h1-14,19-20H,(H,22,23). The Morgan fingerprint density at radius 3 is 2.00 bits per heavy atom. The smallest absolute Gasteiger partial charge is 0.0888 e. The molecule has 0 aliphatic carbocycles. The van der Waals surface area contributed by atoms with Gasteiger partial charge < -0.3 is 5.32 Å². The van der Waals surface area contributed by atoms with Gasteiger partial charge in [0.2, 0.25) is 0 Å². The minimum Gasteiger partial charge on any atom is -0.349 e. The van der Waals surface area contributed by atoms with Crippen molar-refractivity contribution in [3.8, 4) is 0 Å². The fourth-order valence-corrected chi connectivity index (χ4v) is 4.98. The highest BCUT2D eigenvalue weighted by molar-refractivity contribution is 8.00. The Kier molecular flexibility index (Phi) is 4.37. The van der Waals surface area contributed by atoms with Crippen LogP contribution in [0.1, 0.15) is 22.3 Å². The molecule has 1 heterocycles. The highest BCUT2D eigenvalue weighted by atomic mass is 32.2. The number of anilines is 1. The summed E-state index contributed by atoms with van der Waals surface area (Å²) in [6.07, 6.45) is 0. The highest BCUT2D eigenvalue weighted by Crippen LogP contribution is 2.50. The van der Waals surface area contributed by atoms with Gasteiger partial charge in [0.1, 0.15) is 0 Å². The van der Waals surface area contributed by atoms with Crippen molar-refractivity contribution in [2.24, 2.45) is 0 Å². The van der Waals surface area contributed by atoms with Gasteiger partial charge in [-0.05, 0) is 23.3 Å². The normalized spacial score (nSPS) is 19.9. The van der Waals surface area contributed by atoms with Crippen LogP contribution in [-0.4, -0.2) is 4.99 Å². The first-order valence-corrected chi connectivity index (χ1v) is 9.28. The predicted octanol–water partition coefficient (Wildman–Crippen LogP) is 6.06. The van der Waals surface area contributed by atoms with Crippen LogP contribution in [0.25, 0.3) is 0 Å². The van der Waals surface area contributed by atoms with Gasteiger partial charge in [-0.3, -0.25) is 0 Å². The van der Waals surface area contributed by atoms with Crippen molar-refractivity contribution >= 4 is 34.7 Å². The molecule has 0 bridgehead atoms. The van der Waals surface area contributed by atoms with Crippen molar-refractivity contribution in [2.75, 3.05) is 5.32 Å². The van der Waals surface area contributed by atoms with Gasteiger partial charge in [-0.25, -0.2) is 0 Å². The summed E-state index contributed by atoms with van der Waals surface area (Å²) in [5, 5.41) is 3.73. The predicted molar refractivity (Wildman–Crippen MR) is 107 cm³/mol. The lowest BCUT2D eigenvalue weighted by atomic mass is 9.91. The monoisotopic (exact) mass is 347 g/mol. The Hall–Kier alpha value is -2.10. The van der Waals surface area contributed by atoms with E-state index in [4.69, 9.17) is 12.2 Å². The minimum atomic E-state index is 0.140. The molecule has 3 heteroatoms. The molecule has 4 rings (SSSR count). The molecular formula is C21H17NS2. The van der Waals surface area contributed by atoms with Crippen LogP contribution in [0.2, 0.25) is 0 Å². The van der Waals surface area contributed by atoms with E-state index < -0.39 is 0 Å². The Bertz CT molecular complexity index is 846. The van der Waals surface area contributed by atoms with Crippen LogP contribution in [-0.2, 0) is 0 Å². The lowest BCUT2D eigenvalue weighted by Gasteiger charge is -2.25. The molecule has 2 atom stereocenters. The van der Waals surface area contributed by atoms with E-state index >= 15 is 0 Å². The third-order valence-electron chi connectivity index (χ3n) is 4.27. The topological polar surface area (TPSA) is 12.0 Å². The Morgan fingerprint density at radius 1 is 0.708 bits per heavy atom. The molecule has 3 aromatic rings. The molecular weight excluding hydrogens is 330 g/mol. The number of rotatable bonds is 2. The SMILES string of the molecule is S=C1Nc2ccccc2SC(c2ccccc2)C1c1ccccc1. The maximum Gasteiger partial charge on any atom is 0.0888 e. The fraction of sp³-hybridized carbons (Fsp3) is 0.0952. The van der Waals surface area contributed by atoms with Gasteiger partial charge in [0.25, 0.3) is 0 Å². The lowest BCUT2D eigenvalue weighted by molar-refractivity contribution is 0.865. The van der Waals surface area contributed by atoms with E-state index in [9.17, 15) is 0 Å². The number of hydrogen-bond donors (Lipinski definition) is 1. The van der Waals surface area contributed by atoms with Crippen LogP contribution in [0.4, 0.5) is 5.69 Å². The lowest BCUT2D eigenvalue weighted by Crippen LogP contribution is -2.21. The number of hydrogen-bond acceptors (Lipinski definition) is 2. The number of thioether (sulfide) groups is 1. The van der Waals surface area contributed by atoms with Gasteiger partial charge in [0.15, 0.2) is 0 Å². The summed E-state index contributed by atoms with van der Waals surface area (Å²) in [6, 6.07) is 29.6. The molecule has 0 amide bonds. The van der Waals surface area contributed by atoms with E-state index in [0.29, 0.717) is 0 Å². The molecule has 1 aliphatic heterocycles. The van der Waals surface area contributed by atoms with Crippen LogP contribution in [0.5, 0.6) is 0 Å². The molecule has 3 aromatic carbocycles. The summed E-state index contributed by atoms with van der Waals surface area (Å²) in [6.45, 7) is 0. The van der Waals surface area contributed by atoms with E-state index in [0.717, 1.165) is 10.7 Å². The maximum atomic E-state index is 5.82. The molecule has 1 nitrogen and oxygen atoms in total. The highest BCUT2D eigenvalue weighted by Gasteiger charge is 2.32. The second-order valence-electron chi connectivity index (χ2n) is 5.82. The van der Waals surface area contributed by atoms with Crippen molar-refractivity contribution in [2.45, 2.75) is 16.1 Å². The van der Waals surface area contributed by atoms with Crippen LogP contribution in [0.3, 0.4) is 0 Å². The number of thiocarbonyl (C=S) groups is 1. The summed E-state index contributed by atoms with van der Waals surface area (Å²) in [7, 11) is 0. The van der Waals surface area contributed by atoms with E-state index in [1.807, 2.05) is 11.8 Å². The summed E-state index contributed by atoms with van der Waals surface area (Å²) in [5.74, 6) is 0.140. The van der Waals surface area contributed by atoms with E-state index in [1.165, 1.54) is 16.0 Å². The van der Waals surface area contributed by atoms with Crippen molar-refractivity contribution < 1.29 is 0 Å². The average Bonchev–Trinajstić information content (AvgIpc) is 2.79.